The van der Waals surface area contributed by atoms with Crippen molar-refractivity contribution < 1.29 is 5.11 Å². The number of rotatable bonds is 4. The number of hydrogen-bond acceptors (Lipinski definition) is 3. The minimum absolute atomic E-state index is 0.301. The molecule has 0 saturated carbocycles. The van der Waals surface area contributed by atoms with E-state index in [4.69, 9.17) is 5.11 Å². The predicted octanol–water partition coefficient (Wildman–Crippen LogP) is 1.42. The molecule has 0 radical (unpaired) electrons. The van der Waals surface area contributed by atoms with Crippen LogP contribution < -0.4 is 5.32 Å². The Balaban J connectivity index is 1.84. The maximum atomic E-state index is 9.14. The average Bonchev–Trinajstić information content (AvgIpc) is 2.68. The van der Waals surface area contributed by atoms with Crippen molar-refractivity contribution in [2.75, 3.05) is 0 Å². The zero-order chi connectivity index (χ0) is 11.4. The smallest absolute Gasteiger partial charge is 0.115 e. The van der Waals surface area contributed by atoms with Crippen molar-refractivity contribution in [1.29, 1.82) is 0 Å². The highest BCUT2D eigenvalue weighted by atomic mass is 16.3. The summed E-state index contributed by atoms with van der Waals surface area (Å²) >= 11 is 0. The van der Waals surface area contributed by atoms with E-state index in [0.29, 0.717) is 5.75 Å². The van der Waals surface area contributed by atoms with Crippen LogP contribution >= 0.6 is 0 Å². The van der Waals surface area contributed by atoms with E-state index in [1.165, 1.54) is 0 Å². The van der Waals surface area contributed by atoms with Crippen LogP contribution in [0.3, 0.4) is 0 Å². The number of aryl methyl sites for hydroxylation is 1. The number of benzene rings is 1. The lowest BCUT2D eigenvalue weighted by Crippen LogP contribution is -2.15. The van der Waals surface area contributed by atoms with Gasteiger partial charge in [0.05, 0.1) is 5.69 Å². The molecule has 0 aliphatic carbocycles. The first-order chi connectivity index (χ1) is 7.75. The zero-order valence-corrected chi connectivity index (χ0v) is 9.22. The molecule has 1 heterocycles. The van der Waals surface area contributed by atoms with E-state index >= 15 is 0 Å². The Kier molecular flexibility index (Phi) is 3.22. The molecule has 1 aromatic heterocycles. The number of nitrogens with one attached hydrogen (secondary N) is 1. The van der Waals surface area contributed by atoms with E-state index in [9.17, 15) is 0 Å². The van der Waals surface area contributed by atoms with Crippen LogP contribution in [-0.2, 0) is 20.1 Å². The second-order valence-corrected chi connectivity index (χ2v) is 3.72. The maximum Gasteiger partial charge on any atom is 0.115 e. The van der Waals surface area contributed by atoms with Crippen LogP contribution in [0.15, 0.2) is 36.5 Å². The van der Waals surface area contributed by atoms with Gasteiger partial charge in [0.2, 0.25) is 0 Å². The number of phenols is 1. The molecular weight excluding hydrogens is 202 g/mol. The van der Waals surface area contributed by atoms with E-state index < -0.39 is 0 Å². The summed E-state index contributed by atoms with van der Waals surface area (Å²) in [5, 5.41) is 16.6. The minimum atomic E-state index is 0.301. The standard InChI is InChI=1S/C12H15N3O/c1-15-11(6-7-14-15)9-13-8-10-2-4-12(16)5-3-10/h2-7,13,16H,8-9H2,1H3. The number of nitrogens with zero attached hydrogens (tertiary/aromatic N) is 2. The van der Waals surface area contributed by atoms with Crippen molar-refractivity contribution in [2.45, 2.75) is 13.1 Å². The van der Waals surface area contributed by atoms with E-state index in [2.05, 4.69) is 10.4 Å². The SMILES string of the molecule is Cn1nccc1CNCc1ccc(O)cc1. The number of phenolic OH excluding ortho intramolecular Hbond substituents is 1. The quantitative estimate of drug-likeness (QED) is 0.814. The summed E-state index contributed by atoms with van der Waals surface area (Å²) < 4.78 is 1.85. The molecule has 2 N–H and O–H groups in total. The van der Waals surface area contributed by atoms with Crippen LogP contribution in [0, 0.1) is 0 Å². The number of hydrogen-bond donors (Lipinski definition) is 2. The van der Waals surface area contributed by atoms with Crippen LogP contribution in [0.4, 0.5) is 0 Å². The molecule has 0 saturated heterocycles. The van der Waals surface area contributed by atoms with Crippen molar-refractivity contribution in [2.24, 2.45) is 7.05 Å². The second kappa shape index (κ2) is 4.81. The number of aromatic hydroxyl groups is 1. The predicted molar refractivity (Wildman–Crippen MR) is 61.9 cm³/mol. The molecule has 0 spiro atoms. The third kappa shape index (κ3) is 2.61. The van der Waals surface area contributed by atoms with E-state index in [1.54, 1.807) is 18.3 Å². The molecule has 4 nitrogen and oxygen atoms in total. The summed E-state index contributed by atoms with van der Waals surface area (Å²) in [5.74, 6) is 0.301. The van der Waals surface area contributed by atoms with Gasteiger partial charge in [0.1, 0.15) is 5.75 Å². The van der Waals surface area contributed by atoms with Crippen LogP contribution in [0.25, 0.3) is 0 Å². The molecular formula is C12H15N3O. The summed E-state index contributed by atoms with van der Waals surface area (Å²) in [5.41, 5.74) is 2.30. The Labute approximate surface area is 94.5 Å². The molecule has 2 rings (SSSR count). The highest BCUT2D eigenvalue weighted by Gasteiger charge is 1.98. The molecule has 0 aliphatic rings. The minimum Gasteiger partial charge on any atom is -0.508 e. The lowest BCUT2D eigenvalue weighted by Gasteiger charge is -2.05. The largest absolute Gasteiger partial charge is 0.508 e. The Morgan fingerprint density at radius 3 is 2.56 bits per heavy atom. The average molecular weight is 217 g/mol. The second-order valence-electron chi connectivity index (χ2n) is 3.72. The van der Waals surface area contributed by atoms with Gasteiger partial charge < -0.3 is 10.4 Å². The van der Waals surface area contributed by atoms with Gasteiger partial charge in [-0.3, -0.25) is 4.68 Å². The summed E-state index contributed by atoms with van der Waals surface area (Å²) in [6.07, 6.45) is 1.79. The van der Waals surface area contributed by atoms with Gasteiger partial charge in [-0.25, -0.2) is 0 Å². The van der Waals surface area contributed by atoms with Crippen molar-refractivity contribution >= 4 is 0 Å². The molecule has 0 unspecified atom stereocenters. The lowest BCUT2D eigenvalue weighted by molar-refractivity contribution is 0.475. The summed E-state index contributed by atoms with van der Waals surface area (Å²) in [7, 11) is 1.93. The molecule has 0 atom stereocenters. The van der Waals surface area contributed by atoms with Crippen molar-refractivity contribution in [3.63, 3.8) is 0 Å². The Morgan fingerprint density at radius 1 is 1.19 bits per heavy atom. The topological polar surface area (TPSA) is 50.1 Å². The van der Waals surface area contributed by atoms with Crippen molar-refractivity contribution in [3.05, 3.63) is 47.8 Å². The van der Waals surface area contributed by atoms with Crippen LogP contribution in [0.2, 0.25) is 0 Å². The Bertz CT molecular complexity index is 448. The molecule has 0 amide bonds. The molecule has 2 aromatic rings. The van der Waals surface area contributed by atoms with E-state index in [1.807, 2.05) is 29.9 Å². The van der Waals surface area contributed by atoms with Crippen molar-refractivity contribution in [3.8, 4) is 5.75 Å². The Morgan fingerprint density at radius 2 is 1.94 bits per heavy atom. The highest BCUT2D eigenvalue weighted by molar-refractivity contribution is 5.25. The first-order valence-corrected chi connectivity index (χ1v) is 5.21. The van der Waals surface area contributed by atoms with Crippen LogP contribution in [0.1, 0.15) is 11.3 Å². The lowest BCUT2D eigenvalue weighted by atomic mass is 10.2. The van der Waals surface area contributed by atoms with Gasteiger partial charge in [0, 0.05) is 26.3 Å². The summed E-state index contributed by atoms with van der Waals surface area (Å²) in [4.78, 5) is 0. The molecule has 0 fully saturated rings. The van der Waals surface area contributed by atoms with Gasteiger partial charge in [0.25, 0.3) is 0 Å². The van der Waals surface area contributed by atoms with Gasteiger partial charge in [-0.1, -0.05) is 12.1 Å². The normalized spacial score (nSPS) is 10.6. The van der Waals surface area contributed by atoms with E-state index in [-0.39, 0.29) is 0 Å². The molecule has 1 aromatic carbocycles. The zero-order valence-electron chi connectivity index (χ0n) is 9.22. The fraction of sp³-hybridized carbons (Fsp3) is 0.250. The first kappa shape index (κ1) is 10.7. The fourth-order valence-corrected chi connectivity index (χ4v) is 1.52. The Hall–Kier alpha value is -1.81. The monoisotopic (exact) mass is 217 g/mol. The van der Waals surface area contributed by atoms with Crippen molar-refractivity contribution in [1.82, 2.24) is 15.1 Å². The molecule has 0 bridgehead atoms. The third-order valence-corrected chi connectivity index (χ3v) is 2.49. The van der Waals surface area contributed by atoms with Crippen LogP contribution in [-0.4, -0.2) is 14.9 Å². The first-order valence-electron chi connectivity index (χ1n) is 5.21. The molecule has 16 heavy (non-hydrogen) atoms. The third-order valence-electron chi connectivity index (χ3n) is 2.49. The molecule has 4 heteroatoms. The van der Waals surface area contributed by atoms with Crippen LogP contribution in [0.5, 0.6) is 5.75 Å². The molecule has 0 aliphatic heterocycles. The summed E-state index contributed by atoms with van der Waals surface area (Å²) in [6.45, 7) is 1.57. The maximum absolute atomic E-state index is 9.14. The van der Waals surface area contributed by atoms with E-state index in [0.717, 1.165) is 24.3 Å². The molecule has 84 valence electrons. The number of aromatic nitrogens is 2. The van der Waals surface area contributed by atoms with Gasteiger partial charge in [0.15, 0.2) is 0 Å². The fourth-order valence-electron chi connectivity index (χ4n) is 1.52. The van der Waals surface area contributed by atoms with Gasteiger partial charge in [-0.2, -0.15) is 5.10 Å². The van der Waals surface area contributed by atoms with Gasteiger partial charge >= 0.3 is 0 Å². The summed E-state index contributed by atoms with van der Waals surface area (Å²) in [6, 6.07) is 9.20. The van der Waals surface area contributed by atoms with Gasteiger partial charge in [-0.15, -0.1) is 0 Å². The van der Waals surface area contributed by atoms with Gasteiger partial charge in [-0.05, 0) is 23.8 Å². The highest BCUT2D eigenvalue weighted by Crippen LogP contribution is 2.09.